The van der Waals surface area contributed by atoms with Crippen molar-refractivity contribution in [2.24, 2.45) is 0 Å². The van der Waals surface area contributed by atoms with Gasteiger partial charge in [-0.05, 0) is 96.3 Å². The molecule has 0 fully saturated rings. The van der Waals surface area contributed by atoms with Crippen LogP contribution >= 0.6 is 0 Å². The van der Waals surface area contributed by atoms with Crippen molar-refractivity contribution in [3.05, 3.63) is 48.6 Å². The summed E-state index contributed by atoms with van der Waals surface area (Å²) in [5.74, 6) is -0.896. The van der Waals surface area contributed by atoms with Gasteiger partial charge in [-0.3, -0.25) is 14.4 Å². The molecule has 360 valence electrons. The average Bonchev–Trinajstić information content (AvgIpc) is 3.27. The minimum absolute atomic E-state index is 0.0809. The predicted octanol–water partition coefficient (Wildman–Crippen LogP) is 17.5. The van der Waals surface area contributed by atoms with Gasteiger partial charge in [-0.1, -0.05) is 204 Å². The van der Waals surface area contributed by atoms with Crippen LogP contribution in [0.15, 0.2) is 48.6 Å². The molecule has 0 bridgehead atoms. The molecule has 0 heterocycles. The number of esters is 3. The van der Waals surface area contributed by atoms with Gasteiger partial charge in [0.15, 0.2) is 6.10 Å². The van der Waals surface area contributed by atoms with E-state index in [0.717, 1.165) is 83.5 Å². The molecule has 0 radical (unpaired) electrons. The Morgan fingerprint density at radius 1 is 0.323 bits per heavy atom. The normalized spacial score (nSPS) is 12.4. The minimum atomic E-state index is -0.780. The van der Waals surface area contributed by atoms with E-state index in [1.54, 1.807) is 0 Å². The van der Waals surface area contributed by atoms with Gasteiger partial charge in [0.05, 0.1) is 0 Å². The number of hydrogen-bond donors (Lipinski definition) is 0. The Bertz CT molecular complexity index is 1090. The van der Waals surface area contributed by atoms with E-state index in [4.69, 9.17) is 14.2 Å². The molecule has 6 heteroatoms. The maximum absolute atomic E-state index is 12.8. The standard InChI is InChI=1S/C56H100O6/c1-4-7-10-13-16-19-22-24-26-28-30-32-34-37-40-43-46-49-55(58)61-52-53(51-60-54(57)48-45-42-39-36-21-18-15-12-9-6-3)62-56(59)50-47-44-41-38-35-33-31-29-27-25-23-20-17-14-11-8-5-2/h12,15-16,19,24-27,53H,4-11,13-14,17-18,20-23,28-52H2,1-3H3/b15-12-,19-16-,26-24-,27-25-. The number of rotatable bonds is 48. The van der Waals surface area contributed by atoms with E-state index in [1.165, 1.54) is 148 Å². The van der Waals surface area contributed by atoms with E-state index in [0.29, 0.717) is 19.3 Å². The summed E-state index contributed by atoms with van der Waals surface area (Å²) in [6.07, 6.45) is 60.9. The van der Waals surface area contributed by atoms with Gasteiger partial charge in [0.25, 0.3) is 0 Å². The van der Waals surface area contributed by atoms with E-state index in [1.807, 2.05) is 0 Å². The van der Waals surface area contributed by atoms with Crippen LogP contribution in [0.2, 0.25) is 0 Å². The highest BCUT2D eigenvalue weighted by Crippen LogP contribution is 2.15. The van der Waals surface area contributed by atoms with Gasteiger partial charge in [0, 0.05) is 19.3 Å². The quantitative estimate of drug-likeness (QED) is 0.0262. The first-order valence-electron chi connectivity index (χ1n) is 26.6. The summed E-state index contributed by atoms with van der Waals surface area (Å²) >= 11 is 0. The maximum Gasteiger partial charge on any atom is 0.306 e. The molecule has 6 nitrogen and oxygen atoms in total. The molecule has 0 aromatic rings. The second-order valence-electron chi connectivity index (χ2n) is 17.8. The van der Waals surface area contributed by atoms with Crippen LogP contribution in [-0.2, 0) is 28.6 Å². The number of carbonyl (C=O) groups is 3. The second kappa shape index (κ2) is 51.0. The van der Waals surface area contributed by atoms with Crippen molar-refractivity contribution < 1.29 is 28.6 Å². The highest BCUT2D eigenvalue weighted by molar-refractivity contribution is 5.71. The monoisotopic (exact) mass is 869 g/mol. The first-order chi connectivity index (χ1) is 30.5. The third-order valence-corrected chi connectivity index (χ3v) is 11.5. The summed E-state index contributed by atoms with van der Waals surface area (Å²) in [7, 11) is 0. The zero-order valence-corrected chi connectivity index (χ0v) is 41.1. The van der Waals surface area contributed by atoms with Crippen molar-refractivity contribution >= 4 is 17.9 Å². The van der Waals surface area contributed by atoms with Crippen molar-refractivity contribution in [2.45, 2.75) is 277 Å². The Morgan fingerprint density at radius 2 is 0.613 bits per heavy atom. The summed E-state index contributed by atoms with van der Waals surface area (Å²) in [5.41, 5.74) is 0. The van der Waals surface area contributed by atoms with Crippen LogP contribution < -0.4 is 0 Å². The van der Waals surface area contributed by atoms with Crippen molar-refractivity contribution in [3.8, 4) is 0 Å². The minimum Gasteiger partial charge on any atom is -0.462 e. The van der Waals surface area contributed by atoms with Gasteiger partial charge in [-0.15, -0.1) is 0 Å². The Kier molecular flexibility index (Phi) is 48.8. The molecular weight excluding hydrogens is 769 g/mol. The summed E-state index contributed by atoms with van der Waals surface area (Å²) in [4.78, 5) is 38.0. The Hall–Kier alpha value is -2.63. The topological polar surface area (TPSA) is 78.9 Å². The molecule has 0 aliphatic heterocycles. The summed E-state index contributed by atoms with van der Waals surface area (Å²) in [6.45, 7) is 6.54. The molecule has 62 heavy (non-hydrogen) atoms. The highest BCUT2D eigenvalue weighted by Gasteiger charge is 2.19. The molecule has 0 spiro atoms. The number of allylic oxidation sites excluding steroid dienone is 8. The van der Waals surface area contributed by atoms with Crippen LogP contribution in [-0.4, -0.2) is 37.2 Å². The molecule has 1 unspecified atom stereocenters. The zero-order chi connectivity index (χ0) is 45.1. The van der Waals surface area contributed by atoms with Gasteiger partial charge in [-0.2, -0.15) is 0 Å². The van der Waals surface area contributed by atoms with E-state index in [-0.39, 0.29) is 31.1 Å². The van der Waals surface area contributed by atoms with Gasteiger partial charge < -0.3 is 14.2 Å². The van der Waals surface area contributed by atoms with Crippen LogP contribution in [0.1, 0.15) is 271 Å². The average molecular weight is 869 g/mol. The second-order valence-corrected chi connectivity index (χ2v) is 17.8. The zero-order valence-electron chi connectivity index (χ0n) is 41.1. The number of ether oxygens (including phenoxy) is 3. The van der Waals surface area contributed by atoms with Crippen molar-refractivity contribution in [1.82, 2.24) is 0 Å². The van der Waals surface area contributed by atoms with Crippen LogP contribution in [0, 0.1) is 0 Å². The lowest BCUT2D eigenvalue weighted by atomic mass is 10.1. The molecule has 0 amide bonds. The van der Waals surface area contributed by atoms with Gasteiger partial charge >= 0.3 is 17.9 Å². The molecule has 0 rings (SSSR count). The molecule has 0 aliphatic rings. The highest BCUT2D eigenvalue weighted by atomic mass is 16.6. The first kappa shape index (κ1) is 59.4. The molecular formula is C56H100O6. The SMILES string of the molecule is CCC/C=C\CCCCCCCC(=O)OCC(COC(=O)CCCCCCCCC/C=C\C/C=C\CCCCC)OC(=O)CCCCCCCCC/C=C\CCCCCCCC. The largest absolute Gasteiger partial charge is 0.462 e. The maximum atomic E-state index is 12.8. The van der Waals surface area contributed by atoms with Crippen LogP contribution in [0.4, 0.5) is 0 Å². The molecule has 0 aromatic heterocycles. The van der Waals surface area contributed by atoms with Gasteiger partial charge in [0.2, 0.25) is 0 Å². The van der Waals surface area contributed by atoms with Crippen LogP contribution in [0.3, 0.4) is 0 Å². The number of carbonyl (C=O) groups excluding carboxylic acids is 3. The molecule has 0 N–H and O–H groups in total. The lowest BCUT2D eigenvalue weighted by Crippen LogP contribution is -2.30. The first-order valence-corrected chi connectivity index (χ1v) is 26.6. The van der Waals surface area contributed by atoms with Gasteiger partial charge in [-0.25, -0.2) is 0 Å². The number of hydrogen-bond acceptors (Lipinski definition) is 6. The van der Waals surface area contributed by atoms with Crippen molar-refractivity contribution in [2.75, 3.05) is 13.2 Å². The Balaban J connectivity index is 4.34. The van der Waals surface area contributed by atoms with Crippen molar-refractivity contribution in [1.29, 1.82) is 0 Å². The summed E-state index contributed by atoms with van der Waals surface area (Å²) in [6, 6.07) is 0. The number of unbranched alkanes of at least 4 members (excludes halogenated alkanes) is 29. The van der Waals surface area contributed by atoms with E-state index < -0.39 is 6.10 Å². The third-order valence-electron chi connectivity index (χ3n) is 11.5. The third kappa shape index (κ3) is 48.4. The molecule has 0 aliphatic carbocycles. The van der Waals surface area contributed by atoms with E-state index in [2.05, 4.69) is 69.4 Å². The molecule has 0 saturated carbocycles. The van der Waals surface area contributed by atoms with E-state index in [9.17, 15) is 14.4 Å². The summed E-state index contributed by atoms with van der Waals surface area (Å²) < 4.78 is 16.8. The van der Waals surface area contributed by atoms with Gasteiger partial charge in [0.1, 0.15) is 13.2 Å². The molecule has 1 atom stereocenters. The lowest BCUT2D eigenvalue weighted by molar-refractivity contribution is -0.167. The van der Waals surface area contributed by atoms with Crippen LogP contribution in [0.25, 0.3) is 0 Å². The molecule has 0 saturated heterocycles. The Labute approximate surface area is 384 Å². The Morgan fingerprint density at radius 3 is 1.00 bits per heavy atom. The van der Waals surface area contributed by atoms with Crippen LogP contribution in [0.5, 0.6) is 0 Å². The molecule has 0 aromatic carbocycles. The predicted molar refractivity (Wildman–Crippen MR) is 265 cm³/mol. The lowest BCUT2D eigenvalue weighted by Gasteiger charge is -2.18. The fourth-order valence-corrected chi connectivity index (χ4v) is 7.47. The fourth-order valence-electron chi connectivity index (χ4n) is 7.47. The fraction of sp³-hybridized carbons (Fsp3) is 0.804. The smallest absolute Gasteiger partial charge is 0.306 e. The van der Waals surface area contributed by atoms with Crippen molar-refractivity contribution in [3.63, 3.8) is 0 Å². The summed E-state index contributed by atoms with van der Waals surface area (Å²) in [5, 5.41) is 0. The van der Waals surface area contributed by atoms with E-state index >= 15 is 0 Å².